The van der Waals surface area contributed by atoms with E-state index in [0.717, 1.165) is 5.75 Å². The van der Waals surface area contributed by atoms with E-state index in [-0.39, 0.29) is 0 Å². The fraction of sp³-hybridized carbons (Fsp3) is 0.571. The summed E-state index contributed by atoms with van der Waals surface area (Å²) in [5, 5.41) is 0. The van der Waals surface area contributed by atoms with Crippen LogP contribution in [0.15, 0.2) is 0 Å². The van der Waals surface area contributed by atoms with E-state index in [1.165, 1.54) is 0 Å². The van der Waals surface area contributed by atoms with Gasteiger partial charge < -0.3 is 4.74 Å². The predicted molar refractivity (Wildman–Crippen MR) is 45.8 cm³/mol. The molecule has 1 fully saturated rings. The second-order valence-electron chi connectivity index (χ2n) is 2.28. The molecule has 0 spiro atoms. The van der Waals surface area contributed by atoms with Crippen molar-refractivity contribution in [1.29, 1.82) is 0 Å². The zero-order chi connectivity index (χ0) is 8.32. The number of hydrogen-bond donors (Lipinski definition) is 0. The first kappa shape index (κ1) is 8.76. The highest BCUT2D eigenvalue weighted by Gasteiger charge is 2.35. The summed E-state index contributed by atoms with van der Waals surface area (Å²) >= 11 is 6.73. The summed E-state index contributed by atoms with van der Waals surface area (Å²) in [5.41, 5.74) is -1.55. The minimum absolute atomic E-state index is 0.655. The molecule has 2 nitrogen and oxygen atoms in total. The Morgan fingerprint density at radius 3 is 2.91 bits per heavy atom. The van der Waals surface area contributed by atoms with Crippen LogP contribution in [0.4, 0.5) is 4.79 Å². The molecule has 60 valence electrons. The molecule has 1 atom stereocenters. The van der Waals surface area contributed by atoms with Gasteiger partial charge in [-0.2, -0.15) is 11.8 Å². The lowest BCUT2D eigenvalue weighted by Gasteiger charge is -2.19. The number of thioether (sulfide) groups is 1. The van der Waals surface area contributed by atoms with Crippen LogP contribution in [0.2, 0.25) is 0 Å². The Kier molecular flexibility index (Phi) is 2.69. The fourth-order valence-electron chi connectivity index (χ4n) is 0.924. The smallest absolute Gasteiger partial charge is 0.405 e. The van der Waals surface area contributed by atoms with Gasteiger partial charge in [-0.05, 0) is 5.75 Å². The molecular formula is C7H7ClO2S. The molecular weight excluding hydrogens is 184 g/mol. The first-order valence-corrected chi connectivity index (χ1v) is 4.66. The maximum atomic E-state index is 10.4. The molecule has 1 rings (SSSR count). The minimum Gasteiger partial charge on any atom is -0.433 e. The molecule has 1 heterocycles. The molecule has 0 aromatic heterocycles. The lowest BCUT2D eigenvalue weighted by molar-refractivity contribution is 0.0925. The second kappa shape index (κ2) is 3.38. The average molecular weight is 191 g/mol. The van der Waals surface area contributed by atoms with Crippen molar-refractivity contribution in [3.8, 4) is 12.3 Å². The molecule has 0 amide bonds. The van der Waals surface area contributed by atoms with E-state index in [1.807, 2.05) is 0 Å². The Bertz CT molecular complexity index is 203. The maximum Gasteiger partial charge on any atom is 0.405 e. The molecule has 0 aliphatic carbocycles. The minimum atomic E-state index is -0.814. The lowest BCUT2D eigenvalue weighted by Crippen LogP contribution is -2.31. The number of hydrogen-bond acceptors (Lipinski definition) is 3. The third-order valence-corrected chi connectivity index (χ3v) is 2.76. The van der Waals surface area contributed by atoms with Crippen LogP contribution in [0, 0.1) is 12.3 Å². The Hall–Kier alpha value is -0.330. The molecule has 1 unspecified atom stereocenters. The van der Waals surface area contributed by atoms with E-state index >= 15 is 0 Å². The first-order chi connectivity index (χ1) is 5.18. The molecule has 1 aliphatic heterocycles. The van der Waals surface area contributed by atoms with Gasteiger partial charge in [0.05, 0.1) is 0 Å². The van der Waals surface area contributed by atoms with Crippen molar-refractivity contribution in [3.05, 3.63) is 0 Å². The van der Waals surface area contributed by atoms with Gasteiger partial charge in [0.15, 0.2) is 5.60 Å². The van der Waals surface area contributed by atoms with Crippen molar-refractivity contribution >= 4 is 28.8 Å². The Morgan fingerprint density at radius 1 is 1.82 bits per heavy atom. The predicted octanol–water partition coefficient (Wildman–Crippen LogP) is 1.87. The molecule has 4 heteroatoms. The molecule has 1 aliphatic rings. The van der Waals surface area contributed by atoms with Crippen molar-refractivity contribution in [3.63, 3.8) is 0 Å². The summed E-state index contributed by atoms with van der Waals surface area (Å²) in [6.45, 7) is 0. The summed E-state index contributed by atoms with van der Waals surface area (Å²) in [5.74, 6) is 4.04. The molecule has 0 N–H and O–H groups in total. The summed E-state index contributed by atoms with van der Waals surface area (Å²) in [6.07, 6.45) is 5.92. The van der Waals surface area contributed by atoms with Crippen LogP contribution in [0.5, 0.6) is 0 Å². The topological polar surface area (TPSA) is 26.3 Å². The standard InChI is InChI=1S/C7H7ClO2S/c1-2-7(10-6(8)9)3-4-11-5-7/h1H,3-5H2. The van der Waals surface area contributed by atoms with E-state index in [4.69, 9.17) is 22.8 Å². The van der Waals surface area contributed by atoms with E-state index < -0.39 is 11.0 Å². The van der Waals surface area contributed by atoms with Gasteiger partial charge >= 0.3 is 5.43 Å². The van der Waals surface area contributed by atoms with Gasteiger partial charge in [-0.1, -0.05) is 5.92 Å². The number of carbonyl (C=O) groups excluding carboxylic acids is 1. The fourth-order valence-corrected chi connectivity index (χ4v) is 2.31. The van der Waals surface area contributed by atoms with Crippen molar-refractivity contribution in [2.24, 2.45) is 0 Å². The van der Waals surface area contributed by atoms with Gasteiger partial charge in [0, 0.05) is 23.8 Å². The number of rotatable bonds is 1. The van der Waals surface area contributed by atoms with E-state index in [1.54, 1.807) is 11.8 Å². The number of terminal acetylenes is 1. The molecule has 11 heavy (non-hydrogen) atoms. The zero-order valence-electron chi connectivity index (χ0n) is 5.80. The Morgan fingerprint density at radius 2 is 2.55 bits per heavy atom. The monoisotopic (exact) mass is 190 g/mol. The second-order valence-corrected chi connectivity index (χ2v) is 3.69. The summed E-state index contributed by atoms with van der Waals surface area (Å²) in [7, 11) is 0. The summed E-state index contributed by atoms with van der Waals surface area (Å²) < 4.78 is 4.82. The Balaban J connectivity index is 2.61. The van der Waals surface area contributed by atoms with Crippen LogP contribution < -0.4 is 0 Å². The number of halogens is 1. The maximum absolute atomic E-state index is 10.4. The number of ether oxygens (including phenoxy) is 1. The van der Waals surface area contributed by atoms with Crippen molar-refractivity contribution < 1.29 is 9.53 Å². The third-order valence-electron chi connectivity index (χ3n) is 1.52. The quantitative estimate of drug-likeness (QED) is 0.467. The highest BCUT2D eigenvalue weighted by atomic mass is 35.5. The largest absolute Gasteiger partial charge is 0.433 e. The molecule has 0 radical (unpaired) electrons. The van der Waals surface area contributed by atoms with Crippen LogP contribution in [-0.2, 0) is 4.74 Å². The van der Waals surface area contributed by atoms with Crippen LogP contribution in [-0.4, -0.2) is 22.5 Å². The van der Waals surface area contributed by atoms with E-state index in [9.17, 15) is 4.79 Å². The van der Waals surface area contributed by atoms with Crippen LogP contribution in [0.3, 0.4) is 0 Å². The van der Waals surface area contributed by atoms with Crippen LogP contribution >= 0.6 is 23.4 Å². The normalized spacial score (nSPS) is 29.5. The highest BCUT2D eigenvalue weighted by molar-refractivity contribution is 7.99. The van der Waals surface area contributed by atoms with Gasteiger partial charge in [-0.25, -0.2) is 4.79 Å². The van der Waals surface area contributed by atoms with Gasteiger partial charge in [0.25, 0.3) is 0 Å². The molecule has 0 aromatic carbocycles. The van der Waals surface area contributed by atoms with Gasteiger partial charge in [-0.15, -0.1) is 6.42 Å². The lowest BCUT2D eigenvalue weighted by atomic mass is 10.1. The van der Waals surface area contributed by atoms with E-state index in [0.29, 0.717) is 12.2 Å². The number of carbonyl (C=O) groups is 1. The Labute approximate surface area is 74.6 Å². The van der Waals surface area contributed by atoms with Crippen molar-refractivity contribution in [1.82, 2.24) is 0 Å². The molecule has 1 saturated heterocycles. The molecule has 0 saturated carbocycles. The average Bonchev–Trinajstić information content (AvgIpc) is 2.36. The van der Waals surface area contributed by atoms with E-state index in [2.05, 4.69) is 5.92 Å². The van der Waals surface area contributed by atoms with Crippen molar-refractivity contribution in [2.45, 2.75) is 12.0 Å². The van der Waals surface area contributed by atoms with Gasteiger partial charge in [-0.3, -0.25) is 0 Å². The molecule has 0 bridgehead atoms. The van der Waals surface area contributed by atoms with Crippen LogP contribution in [0.1, 0.15) is 6.42 Å². The van der Waals surface area contributed by atoms with Gasteiger partial charge in [0.1, 0.15) is 0 Å². The summed E-state index contributed by atoms with van der Waals surface area (Å²) in [6, 6.07) is 0. The summed E-state index contributed by atoms with van der Waals surface area (Å²) in [4.78, 5) is 10.4. The zero-order valence-corrected chi connectivity index (χ0v) is 7.37. The van der Waals surface area contributed by atoms with Crippen molar-refractivity contribution in [2.75, 3.05) is 11.5 Å². The SMILES string of the molecule is C#CC1(OC(=O)Cl)CCSC1. The third kappa shape index (κ3) is 2.05. The van der Waals surface area contributed by atoms with Crippen LogP contribution in [0.25, 0.3) is 0 Å². The first-order valence-electron chi connectivity index (χ1n) is 3.12. The van der Waals surface area contributed by atoms with Gasteiger partial charge in [0.2, 0.25) is 0 Å². The highest BCUT2D eigenvalue weighted by Crippen LogP contribution is 2.31. The molecule has 0 aromatic rings.